The zero-order valence-corrected chi connectivity index (χ0v) is 14.3. The number of pyridine rings is 1. The number of urea groups is 1. The second-order valence-corrected chi connectivity index (χ2v) is 7.08. The average Bonchev–Trinajstić information content (AvgIpc) is 2.61. The Hall–Kier alpha value is -2.45. The van der Waals surface area contributed by atoms with Crippen molar-refractivity contribution in [1.29, 1.82) is 0 Å². The van der Waals surface area contributed by atoms with Gasteiger partial charge in [0.2, 0.25) is 10.0 Å². The molecule has 1 unspecified atom stereocenters. The van der Waals surface area contributed by atoms with Crippen molar-refractivity contribution in [2.24, 2.45) is 0 Å². The van der Waals surface area contributed by atoms with E-state index in [1.807, 2.05) is 13.0 Å². The molecule has 0 aliphatic heterocycles. The Morgan fingerprint density at radius 1 is 1.25 bits per heavy atom. The minimum absolute atomic E-state index is 0.161. The lowest BCUT2D eigenvalue weighted by Gasteiger charge is -2.15. The number of sulfonamides is 1. The number of amides is 2. The number of benzene rings is 1. The maximum Gasteiger partial charge on any atom is 0.315 e. The Labute approximate surface area is 141 Å². The lowest BCUT2D eigenvalue weighted by Crippen LogP contribution is -2.36. The molecule has 1 atom stereocenters. The molecule has 0 bridgehead atoms. The Bertz CT molecular complexity index is 794. The molecular formula is C16H20N4O3S. The predicted octanol–water partition coefficient (Wildman–Crippen LogP) is 1.55. The first-order valence-electron chi connectivity index (χ1n) is 7.39. The Morgan fingerprint density at radius 3 is 2.71 bits per heavy atom. The molecular weight excluding hydrogens is 328 g/mol. The normalized spacial score (nSPS) is 12.4. The van der Waals surface area contributed by atoms with Crippen molar-refractivity contribution in [2.45, 2.75) is 24.4 Å². The molecule has 0 aliphatic carbocycles. The summed E-state index contributed by atoms with van der Waals surface area (Å²) in [5, 5.41) is 5.51. The smallest absolute Gasteiger partial charge is 0.315 e. The SMILES string of the molecule is CNS(=O)(=O)c1cccc(CNC(=O)NC(C)c2cccnc2)c1. The van der Waals surface area contributed by atoms with Gasteiger partial charge in [-0.05, 0) is 43.3 Å². The van der Waals surface area contributed by atoms with E-state index >= 15 is 0 Å². The molecule has 0 fully saturated rings. The second kappa shape index (κ2) is 7.89. The van der Waals surface area contributed by atoms with Crippen LogP contribution < -0.4 is 15.4 Å². The van der Waals surface area contributed by atoms with Crippen molar-refractivity contribution < 1.29 is 13.2 Å². The van der Waals surface area contributed by atoms with Crippen LogP contribution in [0.25, 0.3) is 0 Å². The van der Waals surface area contributed by atoms with E-state index in [4.69, 9.17) is 0 Å². The van der Waals surface area contributed by atoms with Crippen molar-refractivity contribution in [1.82, 2.24) is 20.3 Å². The van der Waals surface area contributed by atoms with Gasteiger partial charge in [-0.25, -0.2) is 17.9 Å². The van der Waals surface area contributed by atoms with E-state index in [0.29, 0.717) is 5.56 Å². The monoisotopic (exact) mass is 348 g/mol. The number of hydrogen-bond donors (Lipinski definition) is 3. The quantitative estimate of drug-likeness (QED) is 0.737. The van der Waals surface area contributed by atoms with Crippen LogP contribution in [0.2, 0.25) is 0 Å². The number of rotatable bonds is 6. The summed E-state index contributed by atoms with van der Waals surface area (Å²) in [5.74, 6) is 0. The Morgan fingerprint density at radius 2 is 2.04 bits per heavy atom. The number of hydrogen-bond acceptors (Lipinski definition) is 4. The number of aromatic nitrogens is 1. The van der Waals surface area contributed by atoms with Crippen molar-refractivity contribution in [3.63, 3.8) is 0 Å². The van der Waals surface area contributed by atoms with Crippen LogP contribution in [-0.2, 0) is 16.6 Å². The second-order valence-electron chi connectivity index (χ2n) is 5.19. The zero-order chi connectivity index (χ0) is 17.6. The summed E-state index contributed by atoms with van der Waals surface area (Å²) in [4.78, 5) is 16.1. The number of nitrogens with zero attached hydrogens (tertiary/aromatic N) is 1. The fourth-order valence-electron chi connectivity index (χ4n) is 2.09. The molecule has 0 saturated heterocycles. The predicted molar refractivity (Wildman–Crippen MR) is 90.7 cm³/mol. The first kappa shape index (κ1) is 17.9. The van der Waals surface area contributed by atoms with Gasteiger partial charge in [0.05, 0.1) is 10.9 Å². The standard InChI is InChI=1S/C16H20N4O3S/c1-12(14-6-4-8-18-11-14)20-16(21)19-10-13-5-3-7-15(9-13)24(22,23)17-2/h3-9,11-12,17H,10H2,1-2H3,(H2,19,20,21). The van der Waals surface area contributed by atoms with Gasteiger partial charge in [0, 0.05) is 18.9 Å². The Kier molecular flexibility index (Phi) is 5.88. The van der Waals surface area contributed by atoms with E-state index in [9.17, 15) is 13.2 Å². The van der Waals surface area contributed by atoms with Gasteiger partial charge >= 0.3 is 6.03 Å². The van der Waals surface area contributed by atoms with E-state index in [0.717, 1.165) is 5.56 Å². The molecule has 0 spiro atoms. The third-order valence-electron chi connectivity index (χ3n) is 3.46. The minimum Gasteiger partial charge on any atom is -0.334 e. The maximum atomic E-state index is 12.0. The van der Waals surface area contributed by atoms with Crippen LogP contribution >= 0.6 is 0 Å². The van der Waals surface area contributed by atoms with Crippen molar-refractivity contribution in [3.8, 4) is 0 Å². The van der Waals surface area contributed by atoms with Crippen LogP contribution in [0.1, 0.15) is 24.1 Å². The summed E-state index contributed by atoms with van der Waals surface area (Å²) in [7, 11) is -2.14. The topological polar surface area (TPSA) is 100 Å². The fourth-order valence-corrected chi connectivity index (χ4v) is 2.89. The first-order chi connectivity index (χ1) is 11.4. The lowest BCUT2D eigenvalue weighted by atomic mass is 10.1. The van der Waals surface area contributed by atoms with E-state index in [-0.39, 0.29) is 23.5 Å². The van der Waals surface area contributed by atoms with Crippen LogP contribution in [0.15, 0.2) is 53.7 Å². The molecule has 1 aromatic carbocycles. The molecule has 1 aromatic heterocycles. The van der Waals surface area contributed by atoms with Gasteiger partial charge in [-0.15, -0.1) is 0 Å². The van der Waals surface area contributed by atoms with E-state index in [1.54, 1.807) is 30.6 Å². The largest absolute Gasteiger partial charge is 0.334 e. The molecule has 128 valence electrons. The molecule has 8 heteroatoms. The highest BCUT2D eigenvalue weighted by atomic mass is 32.2. The molecule has 0 radical (unpaired) electrons. The summed E-state index contributed by atoms with van der Waals surface area (Å²) in [6.45, 7) is 2.08. The van der Waals surface area contributed by atoms with Crippen LogP contribution in [-0.4, -0.2) is 26.5 Å². The minimum atomic E-state index is -3.50. The molecule has 0 aliphatic rings. The van der Waals surface area contributed by atoms with Crippen LogP contribution in [0, 0.1) is 0 Å². The highest BCUT2D eigenvalue weighted by Crippen LogP contribution is 2.12. The van der Waals surface area contributed by atoms with Gasteiger partial charge < -0.3 is 10.6 Å². The molecule has 3 N–H and O–H groups in total. The van der Waals surface area contributed by atoms with Crippen LogP contribution in [0.5, 0.6) is 0 Å². The molecule has 24 heavy (non-hydrogen) atoms. The van der Waals surface area contributed by atoms with Gasteiger partial charge in [0.15, 0.2) is 0 Å². The third-order valence-corrected chi connectivity index (χ3v) is 4.87. The van der Waals surface area contributed by atoms with Gasteiger partial charge in [-0.1, -0.05) is 18.2 Å². The maximum absolute atomic E-state index is 12.0. The highest BCUT2D eigenvalue weighted by Gasteiger charge is 2.12. The van der Waals surface area contributed by atoms with Crippen LogP contribution in [0.3, 0.4) is 0 Å². The molecule has 2 rings (SSSR count). The third kappa shape index (κ3) is 4.77. The lowest BCUT2D eigenvalue weighted by molar-refractivity contribution is 0.237. The van der Waals surface area contributed by atoms with E-state index < -0.39 is 10.0 Å². The molecule has 7 nitrogen and oxygen atoms in total. The van der Waals surface area contributed by atoms with Crippen LogP contribution in [0.4, 0.5) is 4.79 Å². The number of carbonyl (C=O) groups is 1. The summed E-state index contributed by atoms with van der Waals surface area (Å²) >= 11 is 0. The van der Waals surface area contributed by atoms with Crippen molar-refractivity contribution >= 4 is 16.1 Å². The molecule has 1 heterocycles. The molecule has 2 aromatic rings. The average molecular weight is 348 g/mol. The number of carbonyl (C=O) groups excluding carboxylic acids is 1. The van der Waals surface area contributed by atoms with Crippen molar-refractivity contribution in [2.75, 3.05) is 7.05 Å². The van der Waals surface area contributed by atoms with E-state index in [1.165, 1.54) is 19.2 Å². The fraction of sp³-hybridized carbons (Fsp3) is 0.250. The van der Waals surface area contributed by atoms with E-state index in [2.05, 4.69) is 20.3 Å². The summed E-state index contributed by atoms with van der Waals surface area (Å²) in [6, 6.07) is 9.57. The van der Waals surface area contributed by atoms with Gasteiger partial charge in [-0.2, -0.15) is 0 Å². The summed E-state index contributed by atoms with van der Waals surface area (Å²) in [5.41, 5.74) is 1.59. The highest BCUT2D eigenvalue weighted by molar-refractivity contribution is 7.89. The number of nitrogens with one attached hydrogen (secondary N) is 3. The van der Waals surface area contributed by atoms with Gasteiger partial charge in [0.25, 0.3) is 0 Å². The Balaban J connectivity index is 1.94. The molecule has 2 amide bonds. The summed E-state index contributed by atoms with van der Waals surface area (Å²) < 4.78 is 25.8. The first-order valence-corrected chi connectivity index (χ1v) is 8.87. The summed E-state index contributed by atoms with van der Waals surface area (Å²) in [6.07, 6.45) is 3.36. The zero-order valence-electron chi connectivity index (χ0n) is 13.5. The van der Waals surface area contributed by atoms with Gasteiger partial charge in [0.1, 0.15) is 0 Å². The molecule has 0 saturated carbocycles. The van der Waals surface area contributed by atoms with Crippen molar-refractivity contribution in [3.05, 3.63) is 59.9 Å². The van der Waals surface area contributed by atoms with Gasteiger partial charge in [-0.3, -0.25) is 4.98 Å².